The number of likely N-dealkylation sites (tertiary alicyclic amines) is 1. The second-order valence-electron chi connectivity index (χ2n) is 5.87. The molecule has 1 fully saturated rings. The minimum Gasteiger partial charge on any atom is -0.496 e. The molecular weight excluding hydrogens is 343 g/mol. The maximum Gasteiger partial charge on any atom is 0.126 e. The second-order valence-corrected chi connectivity index (χ2v) is 6.28. The van der Waals surface area contributed by atoms with E-state index in [-0.39, 0.29) is 24.8 Å². The summed E-state index contributed by atoms with van der Waals surface area (Å²) < 4.78 is 5.68. The largest absolute Gasteiger partial charge is 0.496 e. The fourth-order valence-corrected chi connectivity index (χ4v) is 3.22. The molecular formula is C16H27Cl3N2O. The Hall–Kier alpha value is -0.190. The minimum atomic E-state index is 0. The molecule has 0 amide bonds. The van der Waals surface area contributed by atoms with E-state index in [1.165, 1.54) is 5.56 Å². The van der Waals surface area contributed by atoms with Gasteiger partial charge in [0, 0.05) is 35.6 Å². The van der Waals surface area contributed by atoms with Crippen LogP contribution < -0.4 is 10.5 Å². The van der Waals surface area contributed by atoms with Gasteiger partial charge in [-0.25, -0.2) is 0 Å². The Morgan fingerprint density at radius 1 is 1.36 bits per heavy atom. The summed E-state index contributed by atoms with van der Waals surface area (Å²) in [6.07, 6.45) is 0.802. The van der Waals surface area contributed by atoms with Crippen LogP contribution in [0.15, 0.2) is 6.07 Å². The molecule has 0 radical (unpaired) electrons. The van der Waals surface area contributed by atoms with E-state index >= 15 is 0 Å². The zero-order valence-electron chi connectivity index (χ0n) is 13.7. The monoisotopic (exact) mass is 368 g/mol. The average Bonchev–Trinajstić information content (AvgIpc) is 2.33. The molecule has 0 saturated carbocycles. The number of ether oxygens (including phenoxy) is 1. The fourth-order valence-electron chi connectivity index (χ4n) is 2.99. The molecule has 6 heteroatoms. The number of nitrogens with two attached hydrogens (primary N) is 1. The lowest BCUT2D eigenvalue weighted by Crippen LogP contribution is -2.48. The molecule has 2 rings (SSSR count). The van der Waals surface area contributed by atoms with E-state index < -0.39 is 0 Å². The first-order chi connectivity index (χ1) is 9.49. The smallest absolute Gasteiger partial charge is 0.126 e. The third-order valence-electron chi connectivity index (χ3n) is 4.27. The van der Waals surface area contributed by atoms with Crippen LogP contribution in [0.2, 0.25) is 5.02 Å². The van der Waals surface area contributed by atoms with Crippen LogP contribution in [-0.4, -0.2) is 37.7 Å². The number of halogens is 3. The molecule has 3 nitrogen and oxygen atoms in total. The van der Waals surface area contributed by atoms with Gasteiger partial charge in [-0.15, -0.1) is 24.8 Å². The van der Waals surface area contributed by atoms with Crippen molar-refractivity contribution in [1.82, 2.24) is 4.90 Å². The SMILES string of the molecule is COc1c(CCN)cc(Cl)c(C)c1C1CN(C(C)C)C1.Cl.Cl. The van der Waals surface area contributed by atoms with Crippen molar-refractivity contribution in [3.8, 4) is 5.75 Å². The highest BCUT2D eigenvalue weighted by molar-refractivity contribution is 6.31. The van der Waals surface area contributed by atoms with Crippen molar-refractivity contribution in [1.29, 1.82) is 0 Å². The van der Waals surface area contributed by atoms with Gasteiger partial charge in [0.2, 0.25) is 0 Å². The van der Waals surface area contributed by atoms with Crippen LogP contribution in [0.1, 0.15) is 36.5 Å². The van der Waals surface area contributed by atoms with Crippen molar-refractivity contribution in [2.45, 2.75) is 39.2 Å². The molecule has 128 valence electrons. The quantitative estimate of drug-likeness (QED) is 0.857. The molecule has 0 bridgehead atoms. The normalized spacial score (nSPS) is 15.0. The molecule has 1 aromatic carbocycles. The van der Waals surface area contributed by atoms with Gasteiger partial charge in [0.1, 0.15) is 5.75 Å². The first-order valence-corrected chi connectivity index (χ1v) is 7.67. The summed E-state index contributed by atoms with van der Waals surface area (Å²) in [6.45, 7) is 9.33. The van der Waals surface area contributed by atoms with E-state index in [1.54, 1.807) is 7.11 Å². The van der Waals surface area contributed by atoms with Gasteiger partial charge in [-0.3, -0.25) is 4.90 Å². The van der Waals surface area contributed by atoms with Crippen molar-refractivity contribution in [3.63, 3.8) is 0 Å². The molecule has 1 aromatic rings. The Kier molecular flexibility index (Phi) is 9.11. The van der Waals surface area contributed by atoms with Gasteiger partial charge in [-0.1, -0.05) is 11.6 Å². The average molecular weight is 370 g/mol. The maximum atomic E-state index is 6.40. The van der Waals surface area contributed by atoms with E-state index in [2.05, 4.69) is 25.7 Å². The first kappa shape index (κ1) is 21.8. The topological polar surface area (TPSA) is 38.5 Å². The molecule has 0 atom stereocenters. The molecule has 0 aliphatic carbocycles. The third-order valence-corrected chi connectivity index (χ3v) is 4.66. The van der Waals surface area contributed by atoms with E-state index in [4.69, 9.17) is 22.1 Å². The van der Waals surface area contributed by atoms with E-state index in [1.807, 2.05) is 6.07 Å². The van der Waals surface area contributed by atoms with Gasteiger partial charge in [-0.05, 0) is 50.9 Å². The summed E-state index contributed by atoms with van der Waals surface area (Å²) in [5, 5.41) is 0.826. The van der Waals surface area contributed by atoms with Gasteiger partial charge >= 0.3 is 0 Å². The Morgan fingerprint density at radius 2 is 1.95 bits per heavy atom. The van der Waals surface area contributed by atoms with Gasteiger partial charge in [0.25, 0.3) is 0 Å². The number of benzene rings is 1. The van der Waals surface area contributed by atoms with Gasteiger partial charge in [0.15, 0.2) is 0 Å². The molecule has 1 aliphatic rings. The molecule has 0 unspecified atom stereocenters. The highest BCUT2D eigenvalue weighted by Gasteiger charge is 2.33. The zero-order valence-corrected chi connectivity index (χ0v) is 16.1. The lowest BCUT2D eigenvalue weighted by atomic mass is 9.85. The molecule has 1 saturated heterocycles. The summed E-state index contributed by atoms with van der Waals surface area (Å²) in [4.78, 5) is 2.47. The lowest BCUT2D eigenvalue weighted by molar-refractivity contribution is 0.108. The Balaban J connectivity index is 0.00000220. The van der Waals surface area contributed by atoms with Crippen molar-refractivity contribution in [3.05, 3.63) is 27.8 Å². The Morgan fingerprint density at radius 3 is 2.41 bits per heavy atom. The van der Waals surface area contributed by atoms with E-state index in [9.17, 15) is 0 Å². The zero-order chi connectivity index (χ0) is 14.9. The molecule has 22 heavy (non-hydrogen) atoms. The predicted molar refractivity (Wildman–Crippen MR) is 99.4 cm³/mol. The molecule has 2 N–H and O–H groups in total. The van der Waals surface area contributed by atoms with Gasteiger partial charge in [-0.2, -0.15) is 0 Å². The van der Waals surface area contributed by atoms with Gasteiger partial charge in [0.05, 0.1) is 7.11 Å². The predicted octanol–water partition coefficient (Wildman–Crippen LogP) is 3.81. The van der Waals surface area contributed by atoms with E-state index in [0.29, 0.717) is 18.5 Å². The lowest BCUT2D eigenvalue weighted by Gasteiger charge is -2.43. The van der Waals surface area contributed by atoms with Gasteiger partial charge < -0.3 is 10.5 Å². The van der Waals surface area contributed by atoms with Crippen LogP contribution in [0, 0.1) is 6.92 Å². The summed E-state index contributed by atoms with van der Waals surface area (Å²) in [5.74, 6) is 1.51. The molecule has 0 aromatic heterocycles. The number of rotatable bonds is 5. The standard InChI is InChI=1S/C16H25ClN2O.2ClH/c1-10(2)19-8-13(9-19)15-11(3)14(17)7-12(5-6-18)16(15)20-4;;/h7,10,13H,5-6,8-9,18H2,1-4H3;2*1H. The highest BCUT2D eigenvalue weighted by Crippen LogP contribution is 2.41. The summed E-state index contributed by atoms with van der Waals surface area (Å²) in [6, 6.07) is 2.60. The number of hydrogen-bond acceptors (Lipinski definition) is 3. The minimum absolute atomic E-state index is 0. The Labute approximate surface area is 151 Å². The number of methoxy groups -OCH3 is 1. The van der Waals surface area contributed by atoms with Crippen LogP contribution in [-0.2, 0) is 6.42 Å². The molecule has 0 spiro atoms. The molecule has 1 aliphatic heterocycles. The summed E-state index contributed by atoms with van der Waals surface area (Å²) in [5.41, 5.74) is 9.26. The summed E-state index contributed by atoms with van der Waals surface area (Å²) in [7, 11) is 1.74. The van der Waals surface area contributed by atoms with Crippen molar-refractivity contribution in [2.24, 2.45) is 5.73 Å². The summed E-state index contributed by atoms with van der Waals surface area (Å²) >= 11 is 6.40. The van der Waals surface area contributed by atoms with Crippen molar-refractivity contribution < 1.29 is 4.74 Å². The van der Waals surface area contributed by atoms with Crippen LogP contribution in [0.25, 0.3) is 0 Å². The fraction of sp³-hybridized carbons (Fsp3) is 0.625. The van der Waals surface area contributed by atoms with Crippen LogP contribution in [0.3, 0.4) is 0 Å². The van der Waals surface area contributed by atoms with Crippen LogP contribution in [0.4, 0.5) is 0 Å². The van der Waals surface area contributed by atoms with E-state index in [0.717, 1.165) is 41.4 Å². The number of hydrogen-bond donors (Lipinski definition) is 1. The van der Waals surface area contributed by atoms with Crippen molar-refractivity contribution in [2.75, 3.05) is 26.7 Å². The second kappa shape index (κ2) is 9.19. The third kappa shape index (κ3) is 4.21. The number of nitrogens with zero attached hydrogens (tertiary/aromatic N) is 1. The first-order valence-electron chi connectivity index (χ1n) is 7.29. The maximum absolute atomic E-state index is 6.40. The van der Waals surface area contributed by atoms with Crippen LogP contribution in [0.5, 0.6) is 5.75 Å². The highest BCUT2D eigenvalue weighted by atomic mass is 35.5. The van der Waals surface area contributed by atoms with Crippen LogP contribution >= 0.6 is 36.4 Å². The Bertz CT molecular complexity index is 489. The molecule has 1 heterocycles. The van der Waals surface area contributed by atoms with Crippen molar-refractivity contribution >= 4 is 36.4 Å².